The fourth-order valence-electron chi connectivity index (χ4n) is 1.61. The van der Waals surface area contributed by atoms with Crippen LogP contribution in [0, 0.1) is 0 Å². The van der Waals surface area contributed by atoms with E-state index in [0.29, 0.717) is 18.8 Å². The Morgan fingerprint density at radius 1 is 1.47 bits per heavy atom. The Bertz CT molecular complexity index is 434. The van der Waals surface area contributed by atoms with Crippen LogP contribution < -0.4 is 5.32 Å². The topological polar surface area (TPSA) is 75.2 Å². The van der Waals surface area contributed by atoms with E-state index in [1.54, 1.807) is 6.07 Å². The quantitative estimate of drug-likeness (QED) is 0.861. The lowest BCUT2D eigenvalue weighted by Gasteiger charge is -2.14. The molecule has 90 valence electrons. The van der Waals surface area contributed by atoms with E-state index in [0.717, 1.165) is 6.42 Å². The molecule has 1 N–H and O–H groups in total. The molecule has 1 saturated heterocycles. The number of nitrogens with one attached hydrogen (secondary N) is 1. The van der Waals surface area contributed by atoms with Crippen LogP contribution in [0.2, 0.25) is 5.15 Å². The molecule has 0 aliphatic carbocycles. The van der Waals surface area contributed by atoms with Crippen LogP contribution in [0.1, 0.15) is 12.8 Å². The first-order valence-electron chi connectivity index (χ1n) is 5.22. The molecule has 0 radical (unpaired) electrons. The van der Waals surface area contributed by atoms with Gasteiger partial charge in [0.15, 0.2) is 11.0 Å². The van der Waals surface area contributed by atoms with Crippen molar-refractivity contribution in [3.63, 3.8) is 0 Å². The van der Waals surface area contributed by atoms with Gasteiger partial charge >= 0.3 is 0 Å². The molecule has 0 bridgehead atoms. The van der Waals surface area contributed by atoms with Gasteiger partial charge in [0.2, 0.25) is 11.8 Å². The van der Waals surface area contributed by atoms with Crippen molar-refractivity contribution in [3.8, 4) is 0 Å². The van der Waals surface area contributed by atoms with Crippen molar-refractivity contribution in [2.45, 2.75) is 12.8 Å². The Kier molecular flexibility index (Phi) is 3.53. The third-order valence-corrected chi connectivity index (χ3v) is 2.61. The molecule has 1 aromatic rings. The normalized spacial score (nSPS) is 15.1. The van der Waals surface area contributed by atoms with Crippen molar-refractivity contribution < 1.29 is 9.59 Å². The molecule has 17 heavy (non-hydrogen) atoms. The molecule has 1 aliphatic rings. The van der Waals surface area contributed by atoms with E-state index in [-0.39, 0.29) is 23.5 Å². The van der Waals surface area contributed by atoms with Gasteiger partial charge in [0.1, 0.15) is 0 Å². The van der Waals surface area contributed by atoms with Crippen molar-refractivity contribution in [3.05, 3.63) is 17.3 Å². The van der Waals surface area contributed by atoms with Crippen molar-refractivity contribution >= 4 is 29.2 Å². The van der Waals surface area contributed by atoms with Crippen LogP contribution in [0.25, 0.3) is 0 Å². The van der Waals surface area contributed by atoms with Gasteiger partial charge in [0, 0.05) is 13.0 Å². The molecule has 2 heterocycles. The van der Waals surface area contributed by atoms with Gasteiger partial charge in [0.05, 0.1) is 6.54 Å². The summed E-state index contributed by atoms with van der Waals surface area (Å²) >= 11 is 5.57. The Morgan fingerprint density at radius 2 is 2.29 bits per heavy atom. The predicted molar refractivity (Wildman–Crippen MR) is 61.5 cm³/mol. The third kappa shape index (κ3) is 3.13. The van der Waals surface area contributed by atoms with E-state index in [1.165, 1.54) is 11.0 Å². The van der Waals surface area contributed by atoms with Gasteiger partial charge in [0.25, 0.3) is 0 Å². The van der Waals surface area contributed by atoms with E-state index in [1.807, 2.05) is 0 Å². The molecule has 1 aliphatic heterocycles. The minimum atomic E-state index is -0.281. The van der Waals surface area contributed by atoms with Crippen molar-refractivity contribution in [2.75, 3.05) is 18.4 Å². The number of rotatable bonds is 3. The average molecular weight is 255 g/mol. The van der Waals surface area contributed by atoms with Gasteiger partial charge in [-0.25, -0.2) is 0 Å². The molecule has 0 spiro atoms. The highest BCUT2D eigenvalue weighted by Gasteiger charge is 2.22. The molecular formula is C10H11ClN4O2. The summed E-state index contributed by atoms with van der Waals surface area (Å²) in [5.41, 5.74) is 0. The fraction of sp³-hybridized carbons (Fsp3) is 0.400. The number of nitrogens with zero attached hydrogens (tertiary/aromatic N) is 3. The van der Waals surface area contributed by atoms with Crippen LogP contribution in [0.15, 0.2) is 12.1 Å². The van der Waals surface area contributed by atoms with E-state index in [4.69, 9.17) is 11.6 Å². The zero-order valence-corrected chi connectivity index (χ0v) is 9.78. The maximum absolute atomic E-state index is 11.6. The molecule has 6 nitrogen and oxygen atoms in total. The second-order valence-corrected chi connectivity index (χ2v) is 4.10. The molecule has 0 atom stereocenters. The Balaban J connectivity index is 1.88. The van der Waals surface area contributed by atoms with Crippen LogP contribution in [-0.2, 0) is 9.59 Å². The van der Waals surface area contributed by atoms with Crippen LogP contribution in [0.4, 0.5) is 5.82 Å². The molecule has 2 amide bonds. The second-order valence-electron chi connectivity index (χ2n) is 3.71. The van der Waals surface area contributed by atoms with E-state index in [2.05, 4.69) is 15.5 Å². The summed E-state index contributed by atoms with van der Waals surface area (Å²) in [4.78, 5) is 24.4. The molecule has 1 aromatic heterocycles. The van der Waals surface area contributed by atoms with E-state index < -0.39 is 0 Å². The summed E-state index contributed by atoms with van der Waals surface area (Å²) in [7, 11) is 0. The summed E-state index contributed by atoms with van der Waals surface area (Å²) in [5.74, 6) is 0.0604. The third-order valence-electron chi connectivity index (χ3n) is 2.41. The first kappa shape index (κ1) is 11.8. The highest BCUT2D eigenvalue weighted by Crippen LogP contribution is 2.10. The van der Waals surface area contributed by atoms with Gasteiger partial charge in [-0.3, -0.25) is 9.59 Å². The number of anilines is 1. The number of aromatic nitrogens is 2. The van der Waals surface area contributed by atoms with Gasteiger partial charge < -0.3 is 10.2 Å². The number of carbonyl (C=O) groups is 2. The zero-order chi connectivity index (χ0) is 12.3. The highest BCUT2D eigenvalue weighted by molar-refractivity contribution is 6.29. The van der Waals surface area contributed by atoms with Gasteiger partial charge in [-0.1, -0.05) is 11.6 Å². The molecule has 0 saturated carbocycles. The van der Waals surface area contributed by atoms with E-state index in [9.17, 15) is 9.59 Å². The summed E-state index contributed by atoms with van der Waals surface area (Å²) in [6, 6.07) is 3.09. The van der Waals surface area contributed by atoms with Crippen molar-refractivity contribution in [1.82, 2.24) is 15.1 Å². The summed E-state index contributed by atoms with van der Waals surface area (Å²) in [6.07, 6.45) is 1.33. The number of carbonyl (C=O) groups excluding carboxylic acids is 2. The number of halogens is 1. The molecule has 0 aromatic carbocycles. The Morgan fingerprint density at radius 3 is 2.88 bits per heavy atom. The number of hydrogen-bond donors (Lipinski definition) is 1. The van der Waals surface area contributed by atoms with Crippen molar-refractivity contribution in [1.29, 1.82) is 0 Å². The lowest BCUT2D eigenvalue weighted by molar-refractivity contribution is -0.131. The monoisotopic (exact) mass is 254 g/mol. The van der Waals surface area contributed by atoms with Crippen LogP contribution in [0.5, 0.6) is 0 Å². The highest BCUT2D eigenvalue weighted by atomic mass is 35.5. The minimum Gasteiger partial charge on any atom is -0.333 e. The average Bonchev–Trinajstić information content (AvgIpc) is 2.68. The summed E-state index contributed by atoms with van der Waals surface area (Å²) in [5, 5.41) is 10.1. The van der Waals surface area contributed by atoms with Crippen LogP contribution in [0.3, 0.4) is 0 Å². The van der Waals surface area contributed by atoms with Gasteiger partial charge in [-0.2, -0.15) is 0 Å². The largest absolute Gasteiger partial charge is 0.333 e. The van der Waals surface area contributed by atoms with Gasteiger partial charge in [-0.05, 0) is 18.6 Å². The molecule has 2 rings (SSSR count). The fourth-order valence-corrected chi connectivity index (χ4v) is 1.71. The number of amides is 2. The molecule has 1 fully saturated rings. The zero-order valence-electron chi connectivity index (χ0n) is 9.02. The second kappa shape index (κ2) is 5.09. The molecule has 7 heteroatoms. The minimum absolute atomic E-state index is 0.0161. The lowest BCUT2D eigenvalue weighted by Crippen LogP contribution is -2.34. The Labute approximate surface area is 103 Å². The smallest absolute Gasteiger partial charge is 0.245 e. The summed E-state index contributed by atoms with van der Waals surface area (Å²) in [6.45, 7) is 0.696. The number of likely N-dealkylation sites (tertiary alicyclic amines) is 1. The predicted octanol–water partition coefficient (Wildman–Crippen LogP) is 0.691. The Hall–Kier alpha value is -1.69. The SMILES string of the molecule is O=C(CN1CCCC1=O)Nc1ccc(Cl)nn1. The van der Waals surface area contributed by atoms with Gasteiger partial charge in [-0.15, -0.1) is 10.2 Å². The molecular weight excluding hydrogens is 244 g/mol. The first-order chi connectivity index (χ1) is 8.15. The summed E-state index contributed by atoms with van der Waals surface area (Å²) < 4.78 is 0. The maximum Gasteiger partial charge on any atom is 0.245 e. The van der Waals surface area contributed by atoms with Crippen molar-refractivity contribution in [2.24, 2.45) is 0 Å². The lowest BCUT2D eigenvalue weighted by atomic mass is 10.4. The standard InChI is InChI=1S/C10H11ClN4O2/c11-7-3-4-8(14-13-7)12-9(16)6-15-5-1-2-10(15)17/h3-4H,1-2,5-6H2,(H,12,14,16). The van der Waals surface area contributed by atoms with E-state index >= 15 is 0 Å². The van der Waals surface area contributed by atoms with Crippen LogP contribution in [-0.4, -0.2) is 40.0 Å². The molecule has 0 unspecified atom stereocenters. The number of hydrogen-bond acceptors (Lipinski definition) is 4. The maximum atomic E-state index is 11.6. The van der Waals surface area contributed by atoms with Crippen LogP contribution >= 0.6 is 11.6 Å². The first-order valence-corrected chi connectivity index (χ1v) is 5.60.